The van der Waals surface area contributed by atoms with E-state index in [1.165, 1.54) is 14.7 Å². The molecular weight excluding hydrogens is 446 g/mol. The predicted octanol–water partition coefficient (Wildman–Crippen LogP) is 2.23. The Morgan fingerprint density at radius 2 is 1.71 bits per heavy atom. The van der Waals surface area contributed by atoms with Crippen LogP contribution in [-0.4, -0.2) is 72.8 Å². The topological polar surface area (TPSA) is 87.2 Å². The van der Waals surface area contributed by atoms with Gasteiger partial charge in [0.25, 0.3) is 5.91 Å². The number of anilines is 1. The Balaban J connectivity index is 1.82. The molecule has 0 bridgehead atoms. The number of likely N-dealkylation sites (tertiary alicyclic amines) is 1. The van der Waals surface area contributed by atoms with Crippen LogP contribution in [0.3, 0.4) is 0 Å². The van der Waals surface area contributed by atoms with Gasteiger partial charge < -0.3 is 19.4 Å². The molecule has 184 valence electrons. The maximum absolute atomic E-state index is 14.2. The highest BCUT2D eigenvalue weighted by atomic mass is 16.5. The van der Waals surface area contributed by atoms with E-state index in [-0.39, 0.29) is 43.8 Å². The van der Waals surface area contributed by atoms with Crippen LogP contribution in [0.5, 0.6) is 0 Å². The average molecular weight is 478 g/mol. The fourth-order valence-corrected chi connectivity index (χ4v) is 5.32. The third kappa shape index (κ3) is 4.17. The fraction of sp³-hybridized carbons (Fsp3) is 0.407. The highest BCUT2D eigenvalue weighted by molar-refractivity contribution is 6.09. The minimum atomic E-state index is -1.34. The van der Waals surface area contributed by atoms with Crippen molar-refractivity contribution in [1.29, 1.82) is 0 Å². The number of carbonyl (C=O) groups is 4. The molecule has 3 amide bonds. The maximum Gasteiger partial charge on any atom is 0.311 e. The number of likely N-dealkylation sites (N-methyl/N-ethyl adjacent to an activating group) is 1. The normalized spacial score (nSPS) is 22.9. The van der Waals surface area contributed by atoms with Crippen molar-refractivity contribution in [2.45, 2.75) is 31.7 Å². The van der Waals surface area contributed by atoms with Crippen LogP contribution < -0.4 is 4.90 Å². The van der Waals surface area contributed by atoms with Crippen molar-refractivity contribution in [1.82, 2.24) is 9.80 Å². The molecule has 0 N–H and O–H groups in total. The number of ether oxygens (including phenoxy) is 1. The molecule has 2 aliphatic rings. The monoisotopic (exact) mass is 477 g/mol. The molecule has 0 aromatic heterocycles. The molecule has 2 aromatic rings. The molecular formula is C27H31N3O5. The van der Waals surface area contributed by atoms with Crippen LogP contribution in [-0.2, 0) is 30.3 Å². The van der Waals surface area contributed by atoms with Gasteiger partial charge in [0, 0.05) is 32.2 Å². The van der Waals surface area contributed by atoms with E-state index >= 15 is 0 Å². The minimum absolute atomic E-state index is 0.0706. The molecule has 2 aliphatic heterocycles. The molecule has 35 heavy (non-hydrogen) atoms. The van der Waals surface area contributed by atoms with Gasteiger partial charge in [0.05, 0.1) is 18.9 Å². The molecule has 3 atom stereocenters. The molecule has 0 unspecified atom stereocenters. The van der Waals surface area contributed by atoms with E-state index < -0.39 is 23.3 Å². The van der Waals surface area contributed by atoms with E-state index in [0.717, 1.165) is 11.1 Å². The van der Waals surface area contributed by atoms with E-state index in [4.69, 9.17) is 4.74 Å². The third-order valence-corrected chi connectivity index (χ3v) is 7.07. The van der Waals surface area contributed by atoms with Crippen LogP contribution >= 0.6 is 0 Å². The molecule has 2 aromatic carbocycles. The smallest absolute Gasteiger partial charge is 0.311 e. The van der Waals surface area contributed by atoms with Gasteiger partial charge >= 0.3 is 5.97 Å². The number of rotatable bonds is 6. The van der Waals surface area contributed by atoms with Crippen molar-refractivity contribution in [2.24, 2.45) is 5.92 Å². The number of fused-ring (bicyclic) bond motifs is 3. The van der Waals surface area contributed by atoms with Gasteiger partial charge in [-0.1, -0.05) is 48.5 Å². The lowest BCUT2D eigenvalue weighted by molar-refractivity contribution is -0.148. The summed E-state index contributed by atoms with van der Waals surface area (Å²) in [5.74, 6) is -2.57. The summed E-state index contributed by atoms with van der Waals surface area (Å²) in [6, 6.07) is 16.6. The number of benzene rings is 2. The van der Waals surface area contributed by atoms with Gasteiger partial charge in [-0.2, -0.15) is 0 Å². The van der Waals surface area contributed by atoms with Crippen LogP contribution in [0.15, 0.2) is 54.6 Å². The first-order valence-corrected chi connectivity index (χ1v) is 11.8. The molecule has 4 rings (SSSR count). The molecule has 8 nitrogen and oxygen atoms in total. The predicted molar refractivity (Wildman–Crippen MR) is 131 cm³/mol. The molecule has 1 fully saturated rings. The van der Waals surface area contributed by atoms with Crippen molar-refractivity contribution in [3.05, 3.63) is 65.7 Å². The van der Waals surface area contributed by atoms with E-state index in [1.807, 2.05) is 42.5 Å². The highest BCUT2D eigenvalue weighted by Gasteiger charge is 2.63. The van der Waals surface area contributed by atoms with Gasteiger partial charge in [-0.25, -0.2) is 0 Å². The first-order valence-electron chi connectivity index (χ1n) is 11.8. The van der Waals surface area contributed by atoms with Crippen LogP contribution in [0.25, 0.3) is 0 Å². The summed E-state index contributed by atoms with van der Waals surface area (Å²) in [7, 11) is 3.27. The second-order valence-corrected chi connectivity index (χ2v) is 9.39. The number of carbonyl (C=O) groups excluding carboxylic acids is 4. The van der Waals surface area contributed by atoms with Crippen molar-refractivity contribution < 1.29 is 23.9 Å². The molecule has 0 aliphatic carbocycles. The van der Waals surface area contributed by atoms with Crippen LogP contribution in [0, 0.1) is 5.92 Å². The summed E-state index contributed by atoms with van der Waals surface area (Å²) in [5, 5.41) is 0. The lowest BCUT2D eigenvalue weighted by Crippen LogP contribution is -2.63. The number of nitrogens with zero attached hydrogens (tertiary/aromatic N) is 3. The van der Waals surface area contributed by atoms with Crippen LogP contribution in [0.4, 0.5) is 5.69 Å². The second kappa shape index (κ2) is 9.52. The Hall–Kier alpha value is -3.68. The maximum atomic E-state index is 14.2. The molecule has 0 saturated carbocycles. The fourth-order valence-electron chi connectivity index (χ4n) is 5.32. The number of hydrogen-bond donors (Lipinski definition) is 0. The molecule has 0 spiro atoms. The average Bonchev–Trinajstić information content (AvgIpc) is 3.17. The molecule has 0 radical (unpaired) electrons. The zero-order valence-corrected chi connectivity index (χ0v) is 20.6. The van der Waals surface area contributed by atoms with Crippen LogP contribution in [0.1, 0.15) is 30.9 Å². The van der Waals surface area contributed by atoms with Gasteiger partial charge in [0.1, 0.15) is 12.1 Å². The van der Waals surface area contributed by atoms with Gasteiger partial charge in [-0.3, -0.25) is 19.2 Å². The Morgan fingerprint density at radius 3 is 2.37 bits per heavy atom. The summed E-state index contributed by atoms with van der Waals surface area (Å²) in [4.78, 5) is 57.9. The SMILES string of the molecule is CCOC(=O)[C@H]1CN(C(=O)Cc2ccccc2)[C@]2(C)C(=O)N(CC(=O)N(C)C)c3ccccc3[C@H]12. The Bertz CT molecular complexity index is 1150. The first-order chi connectivity index (χ1) is 16.7. The summed E-state index contributed by atoms with van der Waals surface area (Å²) in [6.45, 7) is 3.57. The molecule has 8 heteroatoms. The molecule has 2 heterocycles. The molecule has 1 saturated heterocycles. The van der Waals surface area contributed by atoms with Gasteiger partial charge in [-0.05, 0) is 31.0 Å². The van der Waals surface area contributed by atoms with Crippen molar-refractivity contribution >= 4 is 29.4 Å². The summed E-state index contributed by atoms with van der Waals surface area (Å²) < 4.78 is 5.38. The van der Waals surface area contributed by atoms with Gasteiger partial charge in [0.15, 0.2) is 0 Å². The van der Waals surface area contributed by atoms with Crippen molar-refractivity contribution in [2.75, 3.05) is 38.7 Å². The van der Waals surface area contributed by atoms with Gasteiger partial charge in [-0.15, -0.1) is 0 Å². The number of esters is 1. The van der Waals surface area contributed by atoms with E-state index in [0.29, 0.717) is 5.69 Å². The van der Waals surface area contributed by atoms with Crippen molar-refractivity contribution in [3.8, 4) is 0 Å². The summed E-state index contributed by atoms with van der Waals surface area (Å²) in [5.41, 5.74) is 0.820. The second-order valence-electron chi connectivity index (χ2n) is 9.39. The first kappa shape index (κ1) is 24.4. The zero-order chi connectivity index (χ0) is 25.3. The van der Waals surface area contributed by atoms with Crippen molar-refractivity contribution in [3.63, 3.8) is 0 Å². The number of hydrogen-bond acceptors (Lipinski definition) is 5. The zero-order valence-electron chi connectivity index (χ0n) is 20.6. The van der Waals surface area contributed by atoms with E-state index in [9.17, 15) is 19.2 Å². The lowest BCUT2D eigenvalue weighted by Gasteiger charge is -2.46. The Labute approximate surface area is 205 Å². The minimum Gasteiger partial charge on any atom is -0.466 e. The Morgan fingerprint density at radius 1 is 1.06 bits per heavy atom. The van der Waals surface area contributed by atoms with Gasteiger partial charge in [0.2, 0.25) is 11.8 Å². The third-order valence-electron chi connectivity index (χ3n) is 7.07. The van der Waals surface area contributed by atoms with E-state index in [2.05, 4.69) is 0 Å². The standard InChI is InChI=1S/C27H31N3O5/c1-5-35-25(33)20-16-30(22(31)15-18-11-7-6-8-12-18)27(2)24(20)19-13-9-10-14-21(19)29(26(27)34)17-23(32)28(3)4/h6-14,20,24H,5,15-17H2,1-4H3/t20-,24+,27-/m0/s1. The summed E-state index contributed by atoms with van der Waals surface area (Å²) in [6.07, 6.45) is 0.101. The largest absolute Gasteiger partial charge is 0.466 e. The Kier molecular flexibility index (Phi) is 6.65. The lowest BCUT2D eigenvalue weighted by atomic mass is 9.72. The number of amides is 3. The van der Waals surface area contributed by atoms with E-state index in [1.54, 1.807) is 40.1 Å². The van der Waals surface area contributed by atoms with Crippen LogP contribution in [0.2, 0.25) is 0 Å². The quantitative estimate of drug-likeness (QED) is 0.596. The summed E-state index contributed by atoms with van der Waals surface area (Å²) >= 11 is 0. The number of para-hydroxylation sites is 1. The highest BCUT2D eigenvalue weighted by Crippen LogP contribution is 2.53.